The van der Waals surface area contributed by atoms with Crippen LogP contribution in [-0.4, -0.2) is 17.8 Å². The third-order valence-corrected chi connectivity index (χ3v) is 2.62. The lowest BCUT2D eigenvalue weighted by atomic mass is 10.2. The highest BCUT2D eigenvalue weighted by Gasteiger charge is 2.09. The number of carbonyl (C=O) groups excluding carboxylic acids is 1. The summed E-state index contributed by atoms with van der Waals surface area (Å²) in [5.41, 5.74) is 1.26. The van der Waals surface area contributed by atoms with Crippen molar-refractivity contribution in [1.29, 1.82) is 0 Å². The third-order valence-electron chi connectivity index (χ3n) is 2.62. The van der Waals surface area contributed by atoms with E-state index in [9.17, 15) is 9.18 Å². The summed E-state index contributed by atoms with van der Waals surface area (Å²) in [5, 5.41) is 0. The molecule has 0 unspecified atom stereocenters. The maximum Gasteiger partial charge on any atom is 0.151 e. The summed E-state index contributed by atoms with van der Waals surface area (Å²) in [6.45, 7) is 2.62. The van der Waals surface area contributed by atoms with Gasteiger partial charge in [0.25, 0.3) is 0 Å². The van der Waals surface area contributed by atoms with E-state index in [4.69, 9.17) is 0 Å². The molecule has 0 amide bonds. The number of nitrogens with zero attached hydrogens (tertiary/aromatic N) is 2. The fourth-order valence-corrected chi connectivity index (χ4v) is 1.75. The van der Waals surface area contributed by atoms with E-state index in [0.717, 1.165) is 12.0 Å². The second-order valence-electron chi connectivity index (χ2n) is 3.79. The van der Waals surface area contributed by atoms with E-state index in [-0.39, 0.29) is 5.82 Å². The van der Waals surface area contributed by atoms with Gasteiger partial charge in [-0.25, -0.2) is 9.37 Å². The van der Waals surface area contributed by atoms with Gasteiger partial charge in [-0.1, -0.05) is 6.07 Å². The van der Waals surface area contributed by atoms with Crippen LogP contribution < -0.4 is 4.90 Å². The fourth-order valence-electron chi connectivity index (χ4n) is 1.75. The van der Waals surface area contributed by atoms with Gasteiger partial charge in [-0.15, -0.1) is 0 Å². The van der Waals surface area contributed by atoms with Crippen LogP contribution in [0.2, 0.25) is 0 Å². The zero-order chi connectivity index (χ0) is 13.0. The highest BCUT2D eigenvalue weighted by molar-refractivity contribution is 5.75. The van der Waals surface area contributed by atoms with Crippen molar-refractivity contribution in [2.24, 2.45) is 0 Å². The van der Waals surface area contributed by atoms with Crippen LogP contribution in [0.4, 0.5) is 15.9 Å². The molecular weight excluding hydrogens is 231 g/mol. The topological polar surface area (TPSA) is 33.2 Å². The minimum atomic E-state index is -0.282. The molecule has 0 aliphatic rings. The van der Waals surface area contributed by atoms with Gasteiger partial charge < -0.3 is 4.90 Å². The van der Waals surface area contributed by atoms with Gasteiger partial charge in [0.2, 0.25) is 0 Å². The Morgan fingerprint density at radius 3 is 2.72 bits per heavy atom. The number of benzene rings is 1. The number of hydrogen-bond acceptors (Lipinski definition) is 3. The largest absolute Gasteiger partial charge is 0.327 e. The highest BCUT2D eigenvalue weighted by Crippen LogP contribution is 2.23. The second-order valence-corrected chi connectivity index (χ2v) is 3.79. The lowest BCUT2D eigenvalue weighted by molar-refractivity contribution is 0.112. The molecule has 1 heterocycles. The number of carbonyl (C=O) groups is 1. The second kappa shape index (κ2) is 5.40. The fraction of sp³-hybridized carbons (Fsp3) is 0.143. The first-order chi connectivity index (χ1) is 8.74. The number of anilines is 2. The Labute approximate surface area is 105 Å². The Morgan fingerprint density at radius 2 is 2.17 bits per heavy atom. The van der Waals surface area contributed by atoms with Crippen molar-refractivity contribution in [3.05, 3.63) is 54.0 Å². The van der Waals surface area contributed by atoms with Crippen LogP contribution in [0.5, 0.6) is 0 Å². The van der Waals surface area contributed by atoms with Gasteiger partial charge >= 0.3 is 0 Å². The number of halogens is 1. The summed E-state index contributed by atoms with van der Waals surface area (Å²) in [7, 11) is 0. The molecule has 0 fully saturated rings. The van der Waals surface area contributed by atoms with Gasteiger partial charge in [0.15, 0.2) is 6.29 Å². The van der Waals surface area contributed by atoms with E-state index in [2.05, 4.69) is 4.98 Å². The van der Waals surface area contributed by atoms with Crippen LogP contribution in [0.15, 0.2) is 42.6 Å². The minimum absolute atomic E-state index is 0.282. The van der Waals surface area contributed by atoms with Crippen LogP contribution in [0.25, 0.3) is 0 Å². The van der Waals surface area contributed by atoms with Crippen LogP contribution in [0, 0.1) is 5.82 Å². The van der Waals surface area contributed by atoms with Crippen molar-refractivity contribution in [2.45, 2.75) is 6.92 Å². The standard InChI is InChI=1S/C14H13FN2O/c1-2-17(13-5-3-4-12(15)8-13)14-7-6-11(10-18)9-16-14/h3-10H,2H2,1H3. The lowest BCUT2D eigenvalue weighted by Crippen LogP contribution is -2.17. The predicted molar refractivity (Wildman–Crippen MR) is 68.7 cm³/mol. The molecule has 4 heteroatoms. The van der Waals surface area contributed by atoms with E-state index >= 15 is 0 Å². The monoisotopic (exact) mass is 244 g/mol. The smallest absolute Gasteiger partial charge is 0.151 e. The Bertz CT molecular complexity index is 540. The zero-order valence-electron chi connectivity index (χ0n) is 10.0. The minimum Gasteiger partial charge on any atom is -0.327 e. The van der Waals surface area contributed by atoms with Crippen LogP contribution >= 0.6 is 0 Å². The highest BCUT2D eigenvalue weighted by atomic mass is 19.1. The first-order valence-electron chi connectivity index (χ1n) is 5.69. The van der Waals surface area contributed by atoms with Crippen LogP contribution in [0.1, 0.15) is 17.3 Å². The number of pyridine rings is 1. The average Bonchev–Trinajstić information content (AvgIpc) is 2.40. The molecule has 0 N–H and O–H groups in total. The van der Waals surface area contributed by atoms with Gasteiger partial charge in [-0.2, -0.15) is 0 Å². The molecule has 0 aliphatic heterocycles. The van der Waals surface area contributed by atoms with Crippen molar-refractivity contribution < 1.29 is 9.18 Å². The zero-order valence-corrected chi connectivity index (χ0v) is 10.0. The molecule has 1 aromatic carbocycles. The number of aromatic nitrogens is 1. The van der Waals surface area contributed by atoms with Crippen LogP contribution in [-0.2, 0) is 0 Å². The quantitative estimate of drug-likeness (QED) is 0.774. The molecule has 0 aliphatic carbocycles. The molecule has 0 bridgehead atoms. The van der Waals surface area contributed by atoms with Gasteiger partial charge in [0.05, 0.1) is 0 Å². The molecule has 0 spiro atoms. The first-order valence-corrected chi connectivity index (χ1v) is 5.69. The average molecular weight is 244 g/mol. The molecular formula is C14H13FN2O. The summed E-state index contributed by atoms with van der Waals surface area (Å²) >= 11 is 0. The van der Waals surface area contributed by atoms with E-state index < -0.39 is 0 Å². The van der Waals surface area contributed by atoms with E-state index in [0.29, 0.717) is 17.9 Å². The van der Waals surface area contributed by atoms with Gasteiger partial charge in [-0.05, 0) is 37.3 Å². The molecule has 0 saturated heterocycles. The molecule has 3 nitrogen and oxygen atoms in total. The maximum absolute atomic E-state index is 13.2. The van der Waals surface area contributed by atoms with Crippen molar-refractivity contribution in [3.63, 3.8) is 0 Å². The van der Waals surface area contributed by atoms with E-state index in [1.165, 1.54) is 18.3 Å². The van der Waals surface area contributed by atoms with Crippen molar-refractivity contribution in [1.82, 2.24) is 4.98 Å². The van der Waals surface area contributed by atoms with Gasteiger partial charge in [-0.3, -0.25) is 4.79 Å². The van der Waals surface area contributed by atoms with Crippen molar-refractivity contribution >= 4 is 17.8 Å². The van der Waals surface area contributed by atoms with E-state index in [1.54, 1.807) is 18.2 Å². The Morgan fingerprint density at radius 1 is 1.33 bits per heavy atom. The molecule has 2 rings (SSSR count). The first kappa shape index (κ1) is 12.2. The maximum atomic E-state index is 13.2. The Balaban J connectivity index is 2.35. The number of rotatable bonds is 4. The van der Waals surface area contributed by atoms with Gasteiger partial charge in [0.1, 0.15) is 11.6 Å². The summed E-state index contributed by atoms with van der Waals surface area (Å²) in [5.74, 6) is 0.407. The van der Waals surface area contributed by atoms with Gasteiger partial charge in [0, 0.05) is 24.0 Å². The lowest BCUT2D eigenvalue weighted by Gasteiger charge is -2.22. The Hall–Kier alpha value is -2.23. The number of hydrogen-bond donors (Lipinski definition) is 0. The molecule has 1 aromatic heterocycles. The molecule has 92 valence electrons. The molecule has 0 radical (unpaired) electrons. The van der Waals surface area contributed by atoms with Crippen molar-refractivity contribution in [3.8, 4) is 0 Å². The third kappa shape index (κ3) is 2.53. The molecule has 2 aromatic rings. The molecule has 0 atom stereocenters. The summed E-state index contributed by atoms with van der Waals surface area (Å²) in [6.07, 6.45) is 2.25. The summed E-state index contributed by atoms with van der Waals surface area (Å²) in [4.78, 5) is 16.6. The summed E-state index contributed by atoms with van der Waals surface area (Å²) in [6, 6.07) is 9.78. The normalized spacial score (nSPS) is 10.1. The van der Waals surface area contributed by atoms with E-state index in [1.807, 2.05) is 17.9 Å². The SMILES string of the molecule is CCN(c1cccc(F)c1)c1ccc(C=O)cn1. The predicted octanol–water partition coefficient (Wildman–Crippen LogP) is 3.19. The number of aldehydes is 1. The Kier molecular flexibility index (Phi) is 3.67. The van der Waals surface area contributed by atoms with Crippen LogP contribution in [0.3, 0.4) is 0 Å². The van der Waals surface area contributed by atoms with Crippen molar-refractivity contribution in [2.75, 3.05) is 11.4 Å². The molecule has 0 saturated carbocycles. The molecule has 18 heavy (non-hydrogen) atoms. The summed E-state index contributed by atoms with van der Waals surface area (Å²) < 4.78 is 13.2.